The van der Waals surface area contributed by atoms with E-state index < -0.39 is 0 Å². The number of nitrogens with zero attached hydrogens (tertiary/aromatic N) is 1. The van der Waals surface area contributed by atoms with Crippen LogP contribution < -0.4 is 5.32 Å². The van der Waals surface area contributed by atoms with Gasteiger partial charge in [-0.05, 0) is 32.8 Å². The van der Waals surface area contributed by atoms with Crippen molar-refractivity contribution in [1.82, 2.24) is 10.3 Å². The summed E-state index contributed by atoms with van der Waals surface area (Å²) in [6, 6.07) is 18.3. The van der Waals surface area contributed by atoms with Crippen molar-refractivity contribution in [1.29, 1.82) is 0 Å². The predicted molar refractivity (Wildman–Crippen MR) is 112 cm³/mol. The van der Waals surface area contributed by atoms with Gasteiger partial charge in [0.25, 0.3) is 0 Å². The molecule has 3 aromatic rings. The number of thiazole rings is 1. The van der Waals surface area contributed by atoms with Crippen LogP contribution in [-0.4, -0.2) is 16.3 Å². The van der Waals surface area contributed by atoms with Crippen LogP contribution in [0.5, 0.6) is 0 Å². The highest BCUT2D eigenvalue weighted by molar-refractivity contribution is 7.17. The Morgan fingerprint density at radius 1 is 1.11 bits per heavy atom. The van der Waals surface area contributed by atoms with E-state index in [1.54, 1.807) is 6.08 Å². The maximum Gasteiger partial charge on any atom is 0.199 e. The van der Waals surface area contributed by atoms with Crippen LogP contribution in [0, 0.1) is 6.92 Å². The molecule has 1 aliphatic rings. The van der Waals surface area contributed by atoms with Gasteiger partial charge in [0.2, 0.25) is 0 Å². The second kappa shape index (κ2) is 6.78. The van der Waals surface area contributed by atoms with Gasteiger partial charge in [-0.2, -0.15) is 0 Å². The normalized spacial score (nSPS) is 16.6. The third-order valence-corrected chi connectivity index (χ3v) is 5.95. The molecule has 27 heavy (non-hydrogen) atoms. The SMILES string of the molecule is Cc1nc(-c2ccccc2)sc1C(=O)/C=C1\NC(C)(C)Cc2ccccc21. The molecule has 0 fully saturated rings. The molecule has 0 spiro atoms. The van der Waals surface area contributed by atoms with Gasteiger partial charge in [-0.3, -0.25) is 4.79 Å². The Hall–Kier alpha value is -2.72. The third kappa shape index (κ3) is 3.58. The predicted octanol–water partition coefficient (Wildman–Crippen LogP) is 5.27. The van der Waals surface area contributed by atoms with Crippen molar-refractivity contribution in [2.24, 2.45) is 0 Å². The molecule has 1 aromatic heterocycles. The van der Waals surface area contributed by atoms with Crippen molar-refractivity contribution in [3.8, 4) is 10.6 Å². The van der Waals surface area contributed by atoms with Crippen LogP contribution >= 0.6 is 11.3 Å². The second-order valence-electron chi connectivity index (χ2n) is 7.56. The van der Waals surface area contributed by atoms with E-state index in [0.717, 1.165) is 33.9 Å². The molecule has 4 heteroatoms. The molecule has 0 aliphatic carbocycles. The lowest BCUT2D eigenvalue weighted by atomic mass is 9.85. The summed E-state index contributed by atoms with van der Waals surface area (Å²) in [6.07, 6.45) is 2.67. The van der Waals surface area contributed by atoms with E-state index in [-0.39, 0.29) is 11.3 Å². The van der Waals surface area contributed by atoms with Crippen LogP contribution in [0.1, 0.15) is 40.3 Å². The molecule has 0 unspecified atom stereocenters. The van der Waals surface area contributed by atoms with Crippen molar-refractivity contribution in [3.05, 3.63) is 82.4 Å². The summed E-state index contributed by atoms with van der Waals surface area (Å²) >= 11 is 1.46. The van der Waals surface area contributed by atoms with Gasteiger partial charge >= 0.3 is 0 Å². The summed E-state index contributed by atoms with van der Waals surface area (Å²) in [5.74, 6) is 0.00202. The number of aromatic nitrogens is 1. The van der Waals surface area contributed by atoms with Gasteiger partial charge in [-0.1, -0.05) is 54.6 Å². The summed E-state index contributed by atoms with van der Waals surface area (Å²) in [5.41, 5.74) is 5.00. The van der Waals surface area contributed by atoms with Crippen molar-refractivity contribution >= 4 is 22.8 Å². The average Bonchev–Trinajstić information content (AvgIpc) is 3.03. The Bertz CT molecular complexity index is 1030. The zero-order valence-corrected chi connectivity index (χ0v) is 16.6. The van der Waals surface area contributed by atoms with Crippen LogP contribution in [0.2, 0.25) is 0 Å². The van der Waals surface area contributed by atoms with E-state index >= 15 is 0 Å². The minimum Gasteiger partial charge on any atom is -0.379 e. The van der Waals surface area contributed by atoms with Crippen LogP contribution in [0.25, 0.3) is 16.3 Å². The maximum atomic E-state index is 13.1. The largest absolute Gasteiger partial charge is 0.379 e. The number of ketones is 1. The summed E-state index contributed by atoms with van der Waals surface area (Å²) in [5, 5.41) is 4.41. The Balaban J connectivity index is 1.71. The molecule has 1 N–H and O–H groups in total. The van der Waals surface area contributed by atoms with E-state index in [1.807, 2.05) is 43.3 Å². The van der Waals surface area contributed by atoms with E-state index in [2.05, 4.69) is 42.3 Å². The van der Waals surface area contributed by atoms with Gasteiger partial charge in [0.05, 0.1) is 10.6 Å². The smallest absolute Gasteiger partial charge is 0.199 e. The minimum atomic E-state index is -0.0849. The van der Waals surface area contributed by atoms with Crippen LogP contribution in [0.4, 0.5) is 0 Å². The molecule has 3 nitrogen and oxygen atoms in total. The molecule has 0 amide bonds. The molecule has 0 bridgehead atoms. The van der Waals surface area contributed by atoms with Crippen molar-refractivity contribution < 1.29 is 4.79 Å². The Labute approximate surface area is 163 Å². The molecule has 2 aromatic carbocycles. The molecule has 136 valence electrons. The summed E-state index contributed by atoms with van der Waals surface area (Å²) < 4.78 is 0. The molecule has 4 rings (SSSR count). The van der Waals surface area contributed by atoms with Gasteiger partial charge in [-0.25, -0.2) is 4.98 Å². The number of hydrogen-bond donors (Lipinski definition) is 1. The summed E-state index contributed by atoms with van der Waals surface area (Å²) in [6.45, 7) is 6.22. The molecule has 2 heterocycles. The highest BCUT2D eigenvalue weighted by Gasteiger charge is 2.28. The lowest BCUT2D eigenvalue weighted by Gasteiger charge is -2.35. The maximum absolute atomic E-state index is 13.1. The topological polar surface area (TPSA) is 42.0 Å². The highest BCUT2D eigenvalue weighted by Crippen LogP contribution is 2.32. The van der Waals surface area contributed by atoms with Crippen LogP contribution in [0.3, 0.4) is 0 Å². The van der Waals surface area contributed by atoms with Gasteiger partial charge < -0.3 is 5.32 Å². The first kappa shape index (κ1) is 17.7. The quantitative estimate of drug-likeness (QED) is 0.502. The van der Waals surface area contributed by atoms with E-state index in [9.17, 15) is 4.79 Å². The summed E-state index contributed by atoms with van der Waals surface area (Å²) in [4.78, 5) is 18.4. The number of rotatable bonds is 3. The monoisotopic (exact) mass is 374 g/mol. The molecular weight excluding hydrogens is 352 g/mol. The zero-order chi connectivity index (χ0) is 19.0. The molecule has 0 atom stereocenters. The number of aryl methyl sites for hydroxylation is 1. The lowest BCUT2D eigenvalue weighted by Crippen LogP contribution is -2.43. The van der Waals surface area contributed by atoms with Crippen molar-refractivity contribution in [2.45, 2.75) is 32.7 Å². The summed E-state index contributed by atoms with van der Waals surface area (Å²) in [7, 11) is 0. The molecule has 1 aliphatic heterocycles. The van der Waals surface area contributed by atoms with Crippen molar-refractivity contribution in [2.75, 3.05) is 0 Å². The second-order valence-corrected chi connectivity index (χ2v) is 8.56. The standard InChI is InChI=1S/C23H22N2OS/c1-15-21(27-22(24-15)16-9-5-4-6-10-16)20(26)13-19-18-12-8-7-11-17(18)14-23(2,3)25-19/h4-13,25H,14H2,1-3H3/b19-13-. The number of carbonyl (C=O) groups is 1. The number of benzene rings is 2. The van der Waals surface area contributed by atoms with E-state index in [4.69, 9.17) is 0 Å². The average molecular weight is 375 g/mol. The fraction of sp³-hybridized carbons (Fsp3) is 0.217. The first-order valence-electron chi connectivity index (χ1n) is 9.08. The lowest BCUT2D eigenvalue weighted by molar-refractivity contribution is 0.105. The fourth-order valence-corrected chi connectivity index (χ4v) is 4.51. The zero-order valence-electron chi connectivity index (χ0n) is 15.7. The number of allylic oxidation sites excluding steroid dienone is 1. The molecule has 0 saturated carbocycles. The van der Waals surface area contributed by atoms with Crippen molar-refractivity contribution in [3.63, 3.8) is 0 Å². The number of hydrogen-bond acceptors (Lipinski definition) is 4. The Morgan fingerprint density at radius 3 is 2.59 bits per heavy atom. The first-order chi connectivity index (χ1) is 12.9. The number of carbonyl (C=O) groups excluding carboxylic acids is 1. The van der Waals surface area contributed by atoms with E-state index in [0.29, 0.717) is 4.88 Å². The third-order valence-electron chi connectivity index (χ3n) is 4.73. The van der Waals surface area contributed by atoms with Crippen LogP contribution in [0.15, 0.2) is 60.7 Å². The fourth-order valence-electron chi connectivity index (χ4n) is 3.53. The minimum absolute atomic E-state index is 0.00202. The van der Waals surface area contributed by atoms with Gasteiger partial charge in [-0.15, -0.1) is 11.3 Å². The van der Waals surface area contributed by atoms with E-state index in [1.165, 1.54) is 16.9 Å². The molecule has 0 saturated heterocycles. The first-order valence-corrected chi connectivity index (χ1v) is 9.90. The number of nitrogens with one attached hydrogen (secondary N) is 1. The Kier molecular flexibility index (Phi) is 4.44. The van der Waals surface area contributed by atoms with Gasteiger partial charge in [0.1, 0.15) is 5.01 Å². The van der Waals surface area contributed by atoms with Gasteiger partial charge in [0, 0.05) is 28.4 Å². The van der Waals surface area contributed by atoms with Crippen LogP contribution in [-0.2, 0) is 6.42 Å². The van der Waals surface area contributed by atoms with Gasteiger partial charge in [0.15, 0.2) is 5.78 Å². The molecule has 0 radical (unpaired) electrons. The highest BCUT2D eigenvalue weighted by atomic mass is 32.1. The Morgan fingerprint density at radius 2 is 1.81 bits per heavy atom. The molecular formula is C23H22N2OS. The number of fused-ring (bicyclic) bond motifs is 1.